The van der Waals surface area contributed by atoms with E-state index in [-0.39, 0.29) is 5.82 Å². The fourth-order valence-electron chi connectivity index (χ4n) is 2.26. The number of rotatable bonds is 4. The first-order valence-corrected chi connectivity index (χ1v) is 6.39. The van der Waals surface area contributed by atoms with Gasteiger partial charge in [0, 0.05) is 38.3 Å². The zero-order valence-corrected chi connectivity index (χ0v) is 10.5. The third-order valence-corrected chi connectivity index (χ3v) is 3.33. The maximum Gasteiger partial charge on any atom is 0.123 e. The van der Waals surface area contributed by atoms with Crippen LogP contribution in [-0.2, 0) is 0 Å². The number of nitriles is 1. The standard InChI is InChI=1S/C14H18FN3/c15-13-3-5-14(6-4-13)18-11-9-17(10-12-18)8-2-1-7-16/h3-6H,1-2,8-12H2. The van der Waals surface area contributed by atoms with Crippen LogP contribution in [0.25, 0.3) is 0 Å². The fourth-order valence-corrected chi connectivity index (χ4v) is 2.26. The molecule has 0 unspecified atom stereocenters. The van der Waals surface area contributed by atoms with E-state index < -0.39 is 0 Å². The van der Waals surface area contributed by atoms with Crippen molar-refractivity contribution in [3.05, 3.63) is 30.1 Å². The molecule has 0 N–H and O–H groups in total. The SMILES string of the molecule is N#CCCCN1CCN(c2ccc(F)cc2)CC1. The Bertz CT molecular complexity index is 402. The number of nitrogens with zero attached hydrogens (tertiary/aromatic N) is 3. The first-order chi connectivity index (χ1) is 8.79. The molecule has 1 aliphatic rings. The topological polar surface area (TPSA) is 30.3 Å². The molecule has 0 aromatic heterocycles. The van der Waals surface area contributed by atoms with Crippen molar-refractivity contribution in [3.8, 4) is 6.07 Å². The van der Waals surface area contributed by atoms with E-state index in [0.29, 0.717) is 6.42 Å². The zero-order valence-electron chi connectivity index (χ0n) is 10.5. The van der Waals surface area contributed by atoms with Crippen molar-refractivity contribution in [2.45, 2.75) is 12.8 Å². The first-order valence-electron chi connectivity index (χ1n) is 6.39. The summed E-state index contributed by atoms with van der Waals surface area (Å²) in [7, 11) is 0. The average Bonchev–Trinajstić information content (AvgIpc) is 2.41. The molecule has 0 aliphatic carbocycles. The van der Waals surface area contributed by atoms with Gasteiger partial charge in [0.15, 0.2) is 0 Å². The second kappa shape index (κ2) is 6.36. The van der Waals surface area contributed by atoms with Gasteiger partial charge in [-0.15, -0.1) is 0 Å². The molecule has 1 saturated heterocycles. The second-order valence-corrected chi connectivity index (χ2v) is 4.57. The molecule has 0 atom stereocenters. The Balaban J connectivity index is 1.79. The van der Waals surface area contributed by atoms with E-state index in [0.717, 1.165) is 44.8 Å². The maximum atomic E-state index is 12.8. The van der Waals surface area contributed by atoms with Crippen molar-refractivity contribution in [3.63, 3.8) is 0 Å². The van der Waals surface area contributed by atoms with Crippen LogP contribution >= 0.6 is 0 Å². The molecule has 1 fully saturated rings. The van der Waals surface area contributed by atoms with Crippen molar-refractivity contribution in [1.82, 2.24) is 4.90 Å². The minimum Gasteiger partial charge on any atom is -0.369 e. The zero-order chi connectivity index (χ0) is 12.8. The highest BCUT2D eigenvalue weighted by molar-refractivity contribution is 5.46. The van der Waals surface area contributed by atoms with E-state index in [1.165, 1.54) is 12.1 Å². The predicted molar refractivity (Wildman–Crippen MR) is 69.9 cm³/mol. The van der Waals surface area contributed by atoms with E-state index in [1.54, 1.807) is 0 Å². The number of piperazine rings is 1. The molecule has 1 aromatic rings. The van der Waals surface area contributed by atoms with Crippen LogP contribution < -0.4 is 4.90 Å². The molecule has 0 radical (unpaired) electrons. The van der Waals surface area contributed by atoms with Gasteiger partial charge in [-0.1, -0.05) is 0 Å². The van der Waals surface area contributed by atoms with Crippen LogP contribution in [0, 0.1) is 17.1 Å². The van der Waals surface area contributed by atoms with Crippen LogP contribution in [0.5, 0.6) is 0 Å². The van der Waals surface area contributed by atoms with Crippen molar-refractivity contribution >= 4 is 5.69 Å². The van der Waals surface area contributed by atoms with Crippen LogP contribution in [0.1, 0.15) is 12.8 Å². The Hall–Kier alpha value is -1.60. The summed E-state index contributed by atoms with van der Waals surface area (Å²) in [5.74, 6) is -0.186. The number of anilines is 1. The third kappa shape index (κ3) is 3.44. The minimum absolute atomic E-state index is 0.186. The van der Waals surface area contributed by atoms with E-state index in [2.05, 4.69) is 15.9 Å². The van der Waals surface area contributed by atoms with Crippen LogP contribution in [0.3, 0.4) is 0 Å². The van der Waals surface area contributed by atoms with E-state index in [1.807, 2.05) is 12.1 Å². The van der Waals surface area contributed by atoms with Gasteiger partial charge in [0.1, 0.15) is 5.82 Å². The van der Waals surface area contributed by atoms with Crippen LogP contribution in [0.2, 0.25) is 0 Å². The molecule has 1 aliphatic heterocycles. The molecular weight excluding hydrogens is 229 g/mol. The largest absolute Gasteiger partial charge is 0.369 e. The summed E-state index contributed by atoms with van der Waals surface area (Å²) < 4.78 is 12.8. The molecule has 2 rings (SSSR count). The van der Waals surface area contributed by atoms with Gasteiger partial charge in [0.2, 0.25) is 0 Å². The molecular formula is C14H18FN3. The summed E-state index contributed by atoms with van der Waals surface area (Å²) in [5, 5.41) is 8.50. The second-order valence-electron chi connectivity index (χ2n) is 4.57. The lowest BCUT2D eigenvalue weighted by atomic mass is 10.2. The van der Waals surface area contributed by atoms with Gasteiger partial charge >= 0.3 is 0 Å². The summed E-state index contributed by atoms with van der Waals surface area (Å²) in [6, 6.07) is 8.86. The highest BCUT2D eigenvalue weighted by Gasteiger charge is 2.16. The lowest BCUT2D eigenvalue weighted by Gasteiger charge is -2.36. The van der Waals surface area contributed by atoms with Gasteiger partial charge in [-0.2, -0.15) is 5.26 Å². The molecule has 3 nitrogen and oxygen atoms in total. The lowest BCUT2D eigenvalue weighted by Crippen LogP contribution is -2.46. The molecule has 0 saturated carbocycles. The molecule has 1 aromatic carbocycles. The van der Waals surface area contributed by atoms with Crippen molar-refractivity contribution in [2.75, 3.05) is 37.6 Å². The molecule has 0 amide bonds. The van der Waals surface area contributed by atoms with Crippen LogP contribution in [0.15, 0.2) is 24.3 Å². The molecule has 4 heteroatoms. The third-order valence-electron chi connectivity index (χ3n) is 3.33. The number of hydrogen-bond donors (Lipinski definition) is 0. The predicted octanol–water partition coefficient (Wildman–Crippen LogP) is 2.25. The van der Waals surface area contributed by atoms with Gasteiger partial charge in [-0.3, -0.25) is 4.90 Å². The quantitative estimate of drug-likeness (QED) is 0.764. The maximum absolute atomic E-state index is 12.8. The lowest BCUT2D eigenvalue weighted by molar-refractivity contribution is 0.256. The summed E-state index contributed by atoms with van der Waals surface area (Å²) in [6.07, 6.45) is 1.59. The number of halogens is 1. The monoisotopic (exact) mass is 247 g/mol. The Morgan fingerprint density at radius 3 is 2.39 bits per heavy atom. The molecule has 0 bridgehead atoms. The Kier molecular flexibility index (Phi) is 4.54. The summed E-state index contributed by atoms with van der Waals surface area (Å²) in [5.41, 5.74) is 1.09. The van der Waals surface area contributed by atoms with Crippen LogP contribution in [0.4, 0.5) is 10.1 Å². The van der Waals surface area contributed by atoms with E-state index >= 15 is 0 Å². The average molecular weight is 247 g/mol. The van der Waals surface area contributed by atoms with Gasteiger partial charge < -0.3 is 4.90 Å². The van der Waals surface area contributed by atoms with Gasteiger partial charge in [-0.25, -0.2) is 4.39 Å². The highest BCUT2D eigenvalue weighted by atomic mass is 19.1. The van der Waals surface area contributed by atoms with Crippen molar-refractivity contribution in [1.29, 1.82) is 5.26 Å². The molecule has 18 heavy (non-hydrogen) atoms. The summed E-state index contributed by atoms with van der Waals surface area (Å²) in [6.45, 7) is 4.98. The highest BCUT2D eigenvalue weighted by Crippen LogP contribution is 2.16. The Morgan fingerprint density at radius 1 is 1.11 bits per heavy atom. The van der Waals surface area contributed by atoms with Crippen LogP contribution in [-0.4, -0.2) is 37.6 Å². The first kappa shape index (κ1) is 12.8. The van der Waals surface area contributed by atoms with E-state index in [4.69, 9.17) is 5.26 Å². The Morgan fingerprint density at radius 2 is 1.78 bits per heavy atom. The molecule has 1 heterocycles. The van der Waals surface area contributed by atoms with Gasteiger partial charge in [0.25, 0.3) is 0 Å². The molecule has 96 valence electrons. The summed E-state index contributed by atoms with van der Waals surface area (Å²) in [4.78, 5) is 4.66. The number of hydrogen-bond acceptors (Lipinski definition) is 3. The summed E-state index contributed by atoms with van der Waals surface area (Å²) >= 11 is 0. The normalized spacial score (nSPS) is 16.6. The smallest absolute Gasteiger partial charge is 0.123 e. The molecule has 0 spiro atoms. The van der Waals surface area contributed by atoms with Crippen molar-refractivity contribution in [2.24, 2.45) is 0 Å². The van der Waals surface area contributed by atoms with Crippen molar-refractivity contribution < 1.29 is 4.39 Å². The number of benzene rings is 1. The van der Waals surface area contributed by atoms with E-state index in [9.17, 15) is 4.39 Å². The Labute approximate surface area is 107 Å². The van der Waals surface area contributed by atoms with Gasteiger partial charge in [-0.05, 0) is 37.2 Å². The van der Waals surface area contributed by atoms with Gasteiger partial charge in [0.05, 0.1) is 6.07 Å². The number of unbranched alkanes of at least 4 members (excludes halogenated alkanes) is 1. The fraction of sp³-hybridized carbons (Fsp3) is 0.500. The minimum atomic E-state index is -0.186.